The van der Waals surface area contributed by atoms with Crippen molar-refractivity contribution in [3.63, 3.8) is 0 Å². The predicted octanol–water partition coefficient (Wildman–Crippen LogP) is 2.76. The van der Waals surface area contributed by atoms with Gasteiger partial charge in [-0.05, 0) is 24.1 Å². The second-order valence-electron chi connectivity index (χ2n) is 3.56. The maximum absolute atomic E-state index is 7.83. The molecule has 0 radical (unpaired) electrons. The number of fused-ring (bicyclic) bond motifs is 1. The van der Waals surface area contributed by atoms with Crippen LogP contribution in [0.1, 0.15) is 11.1 Å². The number of benzene rings is 1. The molecule has 0 saturated carbocycles. The van der Waals surface area contributed by atoms with E-state index >= 15 is 0 Å². The first-order chi connectivity index (χ1) is 7.31. The van der Waals surface area contributed by atoms with Crippen LogP contribution in [0.2, 0.25) is 0 Å². The lowest BCUT2D eigenvalue weighted by Crippen LogP contribution is -1.96. The first-order valence-electron chi connectivity index (χ1n) is 5.06. The van der Waals surface area contributed by atoms with Crippen molar-refractivity contribution in [3.8, 4) is 0 Å². The summed E-state index contributed by atoms with van der Waals surface area (Å²) in [5, 5.41) is 11.1. The largest absolute Gasteiger partial charge is 0.384 e. The SMILES string of the molecule is C=C/C=C\C(=N)c1ccc2c(c1)NCC2. The van der Waals surface area contributed by atoms with E-state index in [4.69, 9.17) is 5.41 Å². The van der Waals surface area contributed by atoms with Gasteiger partial charge in [0.1, 0.15) is 0 Å². The zero-order valence-corrected chi connectivity index (χ0v) is 8.59. The third-order valence-corrected chi connectivity index (χ3v) is 2.53. The van der Waals surface area contributed by atoms with Gasteiger partial charge in [-0.1, -0.05) is 30.9 Å². The van der Waals surface area contributed by atoms with E-state index in [1.165, 1.54) is 11.3 Å². The molecule has 1 aliphatic rings. The Labute approximate surface area is 89.8 Å². The van der Waals surface area contributed by atoms with E-state index in [1.807, 2.05) is 12.1 Å². The minimum absolute atomic E-state index is 0.520. The minimum atomic E-state index is 0.520. The Morgan fingerprint density at radius 3 is 3.13 bits per heavy atom. The average molecular weight is 198 g/mol. The molecule has 0 fully saturated rings. The predicted molar refractivity (Wildman–Crippen MR) is 64.8 cm³/mol. The lowest BCUT2D eigenvalue weighted by Gasteiger charge is -2.03. The lowest BCUT2D eigenvalue weighted by atomic mass is 10.1. The average Bonchev–Trinajstić information content (AvgIpc) is 2.72. The summed E-state index contributed by atoms with van der Waals surface area (Å²) < 4.78 is 0. The van der Waals surface area contributed by atoms with Gasteiger partial charge in [0.25, 0.3) is 0 Å². The van der Waals surface area contributed by atoms with Crippen molar-refractivity contribution in [3.05, 3.63) is 54.1 Å². The van der Waals surface area contributed by atoms with E-state index in [1.54, 1.807) is 18.2 Å². The van der Waals surface area contributed by atoms with Gasteiger partial charge in [-0.3, -0.25) is 0 Å². The van der Waals surface area contributed by atoms with Gasteiger partial charge in [0.15, 0.2) is 0 Å². The van der Waals surface area contributed by atoms with Crippen molar-refractivity contribution in [1.82, 2.24) is 0 Å². The molecule has 2 heteroatoms. The van der Waals surface area contributed by atoms with E-state index in [0.29, 0.717) is 5.71 Å². The molecule has 1 heterocycles. The highest BCUT2D eigenvalue weighted by Crippen LogP contribution is 2.23. The van der Waals surface area contributed by atoms with Gasteiger partial charge >= 0.3 is 0 Å². The summed E-state index contributed by atoms with van der Waals surface area (Å²) in [6, 6.07) is 6.14. The topological polar surface area (TPSA) is 35.9 Å². The molecule has 0 atom stereocenters. The molecule has 2 nitrogen and oxygen atoms in total. The van der Waals surface area contributed by atoms with E-state index in [2.05, 4.69) is 18.0 Å². The standard InChI is InChI=1S/C13H14N2/c1-2-3-4-12(14)11-6-5-10-7-8-15-13(10)9-11/h2-6,9,14-15H,1,7-8H2/b4-3-,14-12?. The molecule has 0 aliphatic carbocycles. The van der Waals surface area contributed by atoms with Crippen LogP contribution in [0.4, 0.5) is 5.69 Å². The van der Waals surface area contributed by atoms with Crippen LogP contribution < -0.4 is 5.32 Å². The molecule has 0 spiro atoms. The molecule has 2 N–H and O–H groups in total. The zero-order valence-electron chi connectivity index (χ0n) is 8.59. The van der Waals surface area contributed by atoms with Crippen molar-refractivity contribution in [2.45, 2.75) is 6.42 Å². The Kier molecular flexibility index (Phi) is 2.68. The third kappa shape index (κ3) is 1.99. The Balaban J connectivity index is 2.26. The minimum Gasteiger partial charge on any atom is -0.384 e. The number of anilines is 1. The fraction of sp³-hybridized carbons (Fsp3) is 0.154. The van der Waals surface area contributed by atoms with Gasteiger partial charge < -0.3 is 10.7 Å². The van der Waals surface area contributed by atoms with Crippen molar-refractivity contribution in [2.75, 3.05) is 11.9 Å². The third-order valence-electron chi connectivity index (χ3n) is 2.53. The van der Waals surface area contributed by atoms with E-state index in [9.17, 15) is 0 Å². The number of rotatable bonds is 3. The molecular formula is C13H14N2. The van der Waals surface area contributed by atoms with Gasteiger partial charge in [-0.25, -0.2) is 0 Å². The van der Waals surface area contributed by atoms with Crippen molar-refractivity contribution in [1.29, 1.82) is 5.41 Å². The number of nitrogens with one attached hydrogen (secondary N) is 2. The van der Waals surface area contributed by atoms with Crippen molar-refractivity contribution >= 4 is 11.4 Å². The Morgan fingerprint density at radius 2 is 2.33 bits per heavy atom. The molecule has 1 aliphatic heterocycles. The molecule has 0 bridgehead atoms. The fourth-order valence-electron chi connectivity index (χ4n) is 1.72. The monoisotopic (exact) mass is 198 g/mol. The van der Waals surface area contributed by atoms with Crippen LogP contribution in [-0.4, -0.2) is 12.3 Å². The molecular weight excluding hydrogens is 184 g/mol. The van der Waals surface area contributed by atoms with Crippen LogP contribution >= 0.6 is 0 Å². The number of allylic oxidation sites excluding steroid dienone is 3. The summed E-state index contributed by atoms with van der Waals surface area (Å²) in [7, 11) is 0. The maximum Gasteiger partial charge on any atom is 0.0612 e. The molecule has 0 aromatic heterocycles. The van der Waals surface area contributed by atoms with E-state index in [0.717, 1.165) is 18.5 Å². The van der Waals surface area contributed by atoms with Crippen LogP contribution in [0.5, 0.6) is 0 Å². The Bertz CT molecular complexity index is 430. The molecule has 76 valence electrons. The molecule has 15 heavy (non-hydrogen) atoms. The molecule has 0 saturated heterocycles. The highest BCUT2D eigenvalue weighted by molar-refractivity contribution is 6.07. The second-order valence-corrected chi connectivity index (χ2v) is 3.56. The van der Waals surface area contributed by atoms with E-state index in [-0.39, 0.29) is 0 Å². The maximum atomic E-state index is 7.83. The first kappa shape index (κ1) is 9.71. The summed E-state index contributed by atoms with van der Waals surface area (Å²) >= 11 is 0. The lowest BCUT2D eigenvalue weighted by molar-refractivity contribution is 1.11. The van der Waals surface area contributed by atoms with Crippen LogP contribution in [0.3, 0.4) is 0 Å². The van der Waals surface area contributed by atoms with Gasteiger partial charge in [0.2, 0.25) is 0 Å². The summed E-state index contributed by atoms with van der Waals surface area (Å²) in [5.74, 6) is 0. The fourth-order valence-corrected chi connectivity index (χ4v) is 1.72. The number of hydrogen-bond donors (Lipinski definition) is 2. The summed E-state index contributed by atoms with van der Waals surface area (Å²) in [6.45, 7) is 4.60. The van der Waals surface area contributed by atoms with Crippen LogP contribution in [0.15, 0.2) is 43.0 Å². The van der Waals surface area contributed by atoms with Gasteiger partial charge in [0.05, 0.1) is 5.71 Å². The van der Waals surface area contributed by atoms with Crippen LogP contribution in [0, 0.1) is 5.41 Å². The van der Waals surface area contributed by atoms with Gasteiger partial charge in [-0.2, -0.15) is 0 Å². The molecule has 1 aromatic rings. The van der Waals surface area contributed by atoms with Crippen molar-refractivity contribution in [2.24, 2.45) is 0 Å². The summed E-state index contributed by atoms with van der Waals surface area (Å²) in [4.78, 5) is 0. The summed E-state index contributed by atoms with van der Waals surface area (Å²) in [5.41, 5.74) is 3.98. The Morgan fingerprint density at radius 1 is 1.47 bits per heavy atom. The highest BCUT2D eigenvalue weighted by Gasteiger charge is 2.10. The highest BCUT2D eigenvalue weighted by atomic mass is 14.9. The van der Waals surface area contributed by atoms with Gasteiger partial charge in [-0.15, -0.1) is 0 Å². The molecule has 1 aromatic carbocycles. The quantitative estimate of drug-likeness (QED) is 0.568. The van der Waals surface area contributed by atoms with Crippen LogP contribution in [-0.2, 0) is 6.42 Å². The van der Waals surface area contributed by atoms with E-state index < -0.39 is 0 Å². The summed E-state index contributed by atoms with van der Waals surface area (Å²) in [6.07, 6.45) is 6.30. The first-order valence-corrected chi connectivity index (χ1v) is 5.06. The van der Waals surface area contributed by atoms with Crippen molar-refractivity contribution < 1.29 is 0 Å². The zero-order chi connectivity index (χ0) is 10.7. The Hall–Kier alpha value is -1.83. The normalized spacial score (nSPS) is 13.6. The molecule has 0 unspecified atom stereocenters. The molecule has 0 amide bonds. The van der Waals surface area contributed by atoms with Gasteiger partial charge in [0, 0.05) is 17.8 Å². The van der Waals surface area contributed by atoms with Crippen LogP contribution in [0.25, 0.3) is 0 Å². The smallest absolute Gasteiger partial charge is 0.0612 e. The second kappa shape index (κ2) is 4.13. The molecule has 2 rings (SSSR count). The number of hydrogen-bond acceptors (Lipinski definition) is 2.